The summed E-state index contributed by atoms with van der Waals surface area (Å²) in [7, 11) is 0. The van der Waals surface area contributed by atoms with Crippen molar-refractivity contribution >= 4 is 17.7 Å². The van der Waals surface area contributed by atoms with Crippen LogP contribution in [-0.4, -0.2) is 28.0 Å². The van der Waals surface area contributed by atoms with Gasteiger partial charge in [-0.2, -0.15) is 16.7 Å². The Hall–Kier alpha value is -1.04. The second kappa shape index (κ2) is 8.41. The number of thioether (sulfide) groups is 1. The number of aromatic nitrogens is 2. The van der Waals surface area contributed by atoms with E-state index in [1.807, 2.05) is 18.7 Å². The van der Waals surface area contributed by atoms with Gasteiger partial charge in [-0.1, -0.05) is 31.3 Å². The fourth-order valence-electron chi connectivity index (χ4n) is 2.58. The van der Waals surface area contributed by atoms with Crippen molar-refractivity contribution in [2.75, 3.05) is 6.61 Å². The Morgan fingerprint density at radius 1 is 1.38 bits per heavy atom. The summed E-state index contributed by atoms with van der Waals surface area (Å²) < 4.78 is 10.3. The first-order chi connectivity index (χ1) is 10.2. The zero-order valence-electron chi connectivity index (χ0n) is 12.8. The number of esters is 1. The van der Waals surface area contributed by atoms with Crippen LogP contribution in [0.1, 0.15) is 70.0 Å². The molecule has 21 heavy (non-hydrogen) atoms. The number of ether oxygens (including phenoxy) is 1. The zero-order chi connectivity index (χ0) is 15.1. The van der Waals surface area contributed by atoms with Crippen LogP contribution < -0.4 is 0 Å². The predicted octanol–water partition coefficient (Wildman–Crippen LogP) is 3.69. The molecule has 0 bridgehead atoms. The number of carbonyl (C=O) groups excluding carboxylic acids is 1. The van der Waals surface area contributed by atoms with Crippen LogP contribution in [0, 0.1) is 0 Å². The maximum absolute atomic E-state index is 11.8. The minimum atomic E-state index is -0.439. The van der Waals surface area contributed by atoms with Crippen molar-refractivity contribution in [3.05, 3.63) is 11.7 Å². The highest BCUT2D eigenvalue weighted by Crippen LogP contribution is 2.30. The first-order valence-electron chi connectivity index (χ1n) is 7.85. The van der Waals surface area contributed by atoms with Gasteiger partial charge in [0, 0.05) is 5.25 Å². The molecular weight excluding hydrogens is 288 g/mol. The number of hydrogen-bond donors (Lipinski definition) is 0. The lowest BCUT2D eigenvalue weighted by atomic mass is 10.0. The summed E-state index contributed by atoms with van der Waals surface area (Å²) in [6, 6.07) is 0. The lowest BCUT2D eigenvalue weighted by Crippen LogP contribution is -2.15. The lowest BCUT2D eigenvalue weighted by molar-refractivity contribution is -0.145. The SMILES string of the molecule is CCOC(=O)C(CC)c1nc(CSC2CCCCC2)no1. The fraction of sp³-hybridized carbons (Fsp3) is 0.800. The number of nitrogens with zero attached hydrogens (tertiary/aromatic N) is 2. The van der Waals surface area contributed by atoms with Crippen LogP contribution >= 0.6 is 11.8 Å². The molecule has 0 N–H and O–H groups in total. The van der Waals surface area contributed by atoms with E-state index in [1.54, 1.807) is 6.92 Å². The Labute approximate surface area is 130 Å². The second-order valence-electron chi connectivity index (χ2n) is 5.33. The molecule has 0 aliphatic heterocycles. The van der Waals surface area contributed by atoms with Gasteiger partial charge >= 0.3 is 5.97 Å². The summed E-state index contributed by atoms with van der Waals surface area (Å²) in [5.74, 6) is 1.10. The molecule has 0 amide bonds. The van der Waals surface area contributed by atoms with Crippen molar-refractivity contribution in [3.63, 3.8) is 0 Å². The monoisotopic (exact) mass is 312 g/mol. The molecule has 1 heterocycles. The van der Waals surface area contributed by atoms with Crippen LogP contribution in [-0.2, 0) is 15.3 Å². The van der Waals surface area contributed by atoms with Crippen LogP contribution in [0.2, 0.25) is 0 Å². The zero-order valence-corrected chi connectivity index (χ0v) is 13.7. The average Bonchev–Trinajstić information content (AvgIpc) is 2.96. The minimum Gasteiger partial charge on any atom is -0.465 e. The van der Waals surface area contributed by atoms with E-state index in [2.05, 4.69) is 10.1 Å². The van der Waals surface area contributed by atoms with Gasteiger partial charge in [0.05, 0.1) is 12.4 Å². The molecule has 2 rings (SSSR count). The average molecular weight is 312 g/mol. The van der Waals surface area contributed by atoms with E-state index in [1.165, 1.54) is 32.1 Å². The van der Waals surface area contributed by atoms with Crippen molar-refractivity contribution in [3.8, 4) is 0 Å². The summed E-state index contributed by atoms with van der Waals surface area (Å²) >= 11 is 1.90. The molecule has 1 unspecified atom stereocenters. The maximum Gasteiger partial charge on any atom is 0.318 e. The Bertz CT molecular complexity index is 444. The van der Waals surface area contributed by atoms with Gasteiger partial charge < -0.3 is 9.26 Å². The third kappa shape index (κ3) is 4.73. The number of rotatable bonds is 7. The molecular formula is C15H24N2O3S. The molecule has 1 saturated carbocycles. The van der Waals surface area contributed by atoms with Gasteiger partial charge in [-0.15, -0.1) is 0 Å². The molecule has 1 aliphatic rings. The van der Waals surface area contributed by atoms with E-state index < -0.39 is 5.92 Å². The first-order valence-corrected chi connectivity index (χ1v) is 8.90. The minimum absolute atomic E-state index is 0.282. The first kappa shape index (κ1) is 16.3. The summed E-state index contributed by atoms with van der Waals surface area (Å²) in [5.41, 5.74) is 0. The van der Waals surface area contributed by atoms with E-state index in [0.717, 1.165) is 5.75 Å². The maximum atomic E-state index is 11.8. The van der Waals surface area contributed by atoms with Gasteiger partial charge in [-0.25, -0.2) is 0 Å². The predicted molar refractivity (Wildman–Crippen MR) is 82.1 cm³/mol. The molecule has 6 heteroatoms. The highest BCUT2D eigenvalue weighted by molar-refractivity contribution is 7.99. The molecule has 1 fully saturated rings. The molecule has 5 nitrogen and oxygen atoms in total. The van der Waals surface area contributed by atoms with Crippen LogP contribution in [0.15, 0.2) is 4.52 Å². The van der Waals surface area contributed by atoms with Crippen LogP contribution in [0.5, 0.6) is 0 Å². The van der Waals surface area contributed by atoms with Crippen molar-refractivity contribution in [2.24, 2.45) is 0 Å². The lowest BCUT2D eigenvalue weighted by Gasteiger charge is -2.20. The molecule has 118 valence electrons. The Balaban J connectivity index is 1.88. The van der Waals surface area contributed by atoms with E-state index in [-0.39, 0.29) is 5.97 Å². The van der Waals surface area contributed by atoms with Crippen molar-refractivity contribution in [2.45, 2.75) is 69.3 Å². The van der Waals surface area contributed by atoms with Gasteiger partial charge in [-0.3, -0.25) is 4.79 Å². The summed E-state index contributed by atoms with van der Waals surface area (Å²) in [6.07, 6.45) is 7.20. The third-order valence-electron chi connectivity index (χ3n) is 3.76. The largest absolute Gasteiger partial charge is 0.465 e. The van der Waals surface area contributed by atoms with Gasteiger partial charge in [0.1, 0.15) is 5.92 Å². The van der Waals surface area contributed by atoms with E-state index in [0.29, 0.717) is 30.0 Å². The fourth-order valence-corrected chi connectivity index (χ4v) is 3.75. The third-order valence-corrected chi connectivity index (χ3v) is 5.13. The second-order valence-corrected chi connectivity index (χ2v) is 6.62. The van der Waals surface area contributed by atoms with E-state index in [4.69, 9.17) is 9.26 Å². The van der Waals surface area contributed by atoms with Crippen LogP contribution in [0.25, 0.3) is 0 Å². The topological polar surface area (TPSA) is 65.2 Å². The van der Waals surface area contributed by atoms with Crippen LogP contribution in [0.3, 0.4) is 0 Å². The smallest absolute Gasteiger partial charge is 0.318 e. The summed E-state index contributed by atoms with van der Waals surface area (Å²) in [5, 5.41) is 4.71. The van der Waals surface area contributed by atoms with Crippen LogP contribution in [0.4, 0.5) is 0 Å². The number of carbonyl (C=O) groups is 1. The molecule has 0 saturated heterocycles. The molecule has 1 aromatic heterocycles. The summed E-state index contributed by atoms with van der Waals surface area (Å²) in [4.78, 5) is 16.2. The Morgan fingerprint density at radius 2 is 2.14 bits per heavy atom. The van der Waals surface area contributed by atoms with E-state index >= 15 is 0 Å². The molecule has 0 aromatic carbocycles. The van der Waals surface area contributed by atoms with Gasteiger partial charge in [0.25, 0.3) is 0 Å². The normalized spacial score (nSPS) is 17.6. The highest BCUT2D eigenvalue weighted by Gasteiger charge is 2.26. The molecule has 0 spiro atoms. The highest BCUT2D eigenvalue weighted by atomic mass is 32.2. The van der Waals surface area contributed by atoms with Gasteiger partial charge in [0.2, 0.25) is 5.89 Å². The molecule has 1 atom stereocenters. The standard InChI is InChI=1S/C15H24N2O3S/c1-3-12(15(18)19-4-2)14-16-13(17-20-14)10-21-11-8-6-5-7-9-11/h11-12H,3-10H2,1-2H3. The van der Waals surface area contributed by atoms with Gasteiger partial charge in [0.15, 0.2) is 5.82 Å². The Morgan fingerprint density at radius 3 is 2.81 bits per heavy atom. The van der Waals surface area contributed by atoms with Crippen molar-refractivity contribution < 1.29 is 14.1 Å². The molecule has 1 aromatic rings. The molecule has 0 radical (unpaired) electrons. The van der Waals surface area contributed by atoms with Gasteiger partial charge in [-0.05, 0) is 26.2 Å². The Kier molecular flexibility index (Phi) is 6.54. The van der Waals surface area contributed by atoms with Crippen molar-refractivity contribution in [1.82, 2.24) is 10.1 Å². The number of hydrogen-bond acceptors (Lipinski definition) is 6. The van der Waals surface area contributed by atoms with E-state index in [9.17, 15) is 4.79 Å². The quantitative estimate of drug-likeness (QED) is 0.715. The summed E-state index contributed by atoms with van der Waals surface area (Å²) in [6.45, 7) is 4.08. The van der Waals surface area contributed by atoms with Crippen molar-refractivity contribution in [1.29, 1.82) is 0 Å². The molecule has 1 aliphatic carbocycles.